The minimum Gasteiger partial charge on any atom is -0.444 e. The van der Waals surface area contributed by atoms with Crippen LogP contribution in [0.2, 0.25) is 0 Å². The molecule has 0 aromatic heterocycles. The average molecular weight is 270 g/mol. The van der Waals surface area contributed by atoms with Gasteiger partial charge in [-0.15, -0.1) is 0 Å². The SMILES string of the molecule is CC(CNC(=O)OC(C)(C)C)NCC1(C(C)C)CC1. The Labute approximate surface area is 117 Å². The van der Waals surface area contributed by atoms with Gasteiger partial charge in [-0.25, -0.2) is 4.79 Å². The molecule has 0 aliphatic heterocycles. The fourth-order valence-corrected chi connectivity index (χ4v) is 2.12. The molecule has 4 nitrogen and oxygen atoms in total. The molecule has 112 valence electrons. The lowest BCUT2D eigenvalue weighted by atomic mass is 9.92. The van der Waals surface area contributed by atoms with E-state index < -0.39 is 5.60 Å². The molecule has 0 aromatic rings. The highest BCUT2D eigenvalue weighted by Gasteiger charge is 2.44. The van der Waals surface area contributed by atoms with E-state index in [4.69, 9.17) is 4.74 Å². The quantitative estimate of drug-likeness (QED) is 0.780. The van der Waals surface area contributed by atoms with Gasteiger partial charge in [-0.1, -0.05) is 13.8 Å². The van der Waals surface area contributed by atoms with Gasteiger partial charge >= 0.3 is 6.09 Å². The first-order chi connectivity index (χ1) is 8.65. The van der Waals surface area contributed by atoms with Crippen molar-refractivity contribution in [2.45, 2.75) is 66.0 Å². The third kappa shape index (κ3) is 5.81. The maximum absolute atomic E-state index is 11.5. The molecule has 1 aliphatic carbocycles. The molecule has 1 aliphatic rings. The third-order valence-corrected chi connectivity index (χ3v) is 3.87. The number of hydrogen-bond acceptors (Lipinski definition) is 3. The number of carbonyl (C=O) groups is 1. The van der Waals surface area contributed by atoms with E-state index in [0.29, 0.717) is 12.0 Å². The molecule has 0 saturated heterocycles. The highest BCUT2D eigenvalue weighted by molar-refractivity contribution is 5.67. The predicted octanol–water partition coefficient (Wildman–Crippen LogP) is 2.93. The topological polar surface area (TPSA) is 50.4 Å². The van der Waals surface area contributed by atoms with Crippen LogP contribution in [0.5, 0.6) is 0 Å². The first-order valence-corrected chi connectivity index (χ1v) is 7.35. The van der Waals surface area contributed by atoms with Crippen molar-refractivity contribution in [1.82, 2.24) is 10.6 Å². The van der Waals surface area contributed by atoms with Crippen LogP contribution in [-0.2, 0) is 4.74 Å². The molecule has 2 N–H and O–H groups in total. The Morgan fingerprint density at radius 3 is 2.26 bits per heavy atom. The molecule has 1 amide bonds. The summed E-state index contributed by atoms with van der Waals surface area (Å²) in [5.74, 6) is 0.728. The Morgan fingerprint density at radius 2 is 1.84 bits per heavy atom. The Balaban J connectivity index is 2.18. The van der Waals surface area contributed by atoms with E-state index in [2.05, 4.69) is 31.4 Å². The van der Waals surface area contributed by atoms with Gasteiger partial charge in [0.15, 0.2) is 0 Å². The molecular weight excluding hydrogens is 240 g/mol. The van der Waals surface area contributed by atoms with E-state index in [1.807, 2.05) is 20.8 Å². The van der Waals surface area contributed by atoms with Gasteiger partial charge in [0.2, 0.25) is 0 Å². The molecule has 0 radical (unpaired) electrons. The standard InChI is InChI=1S/C15H30N2O2/c1-11(2)15(7-8-15)10-17-12(3)9-16-13(18)19-14(4,5)6/h11-12,17H,7-10H2,1-6H3,(H,16,18). The minimum atomic E-state index is -0.434. The maximum atomic E-state index is 11.5. The molecule has 0 bridgehead atoms. The summed E-state index contributed by atoms with van der Waals surface area (Å²) in [6.07, 6.45) is 2.31. The number of carbonyl (C=O) groups excluding carboxylic acids is 1. The third-order valence-electron chi connectivity index (χ3n) is 3.87. The van der Waals surface area contributed by atoms with Crippen LogP contribution in [-0.4, -0.2) is 30.8 Å². The molecular formula is C15H30N2O2. The van der Waals surface area contributed by atoms with Crippen molar-refractivity contribution in [2.24, 2.45) is 11.3 Å². The molecule has 1 unspecified atom stereocenters. The van der Waals surface area contributed by atoms with E-state index in [-0.39, 0.29) is 12.1 Å². The van der Waals surface area contributed by atoms with Gasteiger partial charge in [-0.05, 0) is 51.9 Å². The summed E-state index contributed by atoms with van der Waals surface area (Å²) < 4.78 is 5.21. The summed E-state index contributed by atoms with van der Waals surface area (Å²) in [6.45, 7) is 13.9. The van der Waals surface area contributed by atoms with E-state index in [0.717, 1.165) is 12.5 Å². The van der Waals surface area contributed by atoms with Gasteiger partial charge in [0.1, 0.15) is 5.60 Å². The van der Waals surface area contributed by atoms with Crippen LogP contribution < -0.4 is 10.6 Å². The Morgan fingerprint density at radius 1 is 1.26 bits per heavy atom. The summed E-state index contributed by atoms with van der Waals surface area (Å²) in [5.41, 5.74) is 0.0661. The fraction of sp³-hybridized carbons (Fsp3) is 0.933. The lowest BCUT2D eigenvalue weighted by molar-refractivity contribution is 0.0523. The zero-order valence-electron chi connectivity index (χ0n) is 13.3. The predicted molar refractivity (Wildman–Crippen MR) is 78.2 cm³/mol. The van der Waals surface area contributed by atoms with E-state index >= 15 is 0 Å². The second-order valence-corrected chi connectivity index (χ2v) is 7.18. The first kappa shape index (κ1) is 16.3. The van der Waals surface area contributed by atoms with Crippen molar-refractivity contribution in [3.8, 4) is 0 Å². The Kier molecular flexibility index (Phi) is 5.25. The summed E-state index contributed by atoms with van der Waals surface area (Å²) >= 11 is 0. The van der Waals surface area contributed by atoms with Crippen molar-refractivity contribution in [3.63, 3.8) is 0 Å². The van der Waals surface area contributed by atoms with Crippen LogP contribution in [0.4, 0.5) is 4.79 Å². The van der Waals surface area contributed by atoms with Crippen molar-refractivity contribution in [2.75, 3.05) is 13.1 Å². The van der Waals surface area contributed by atoms with E-state index in [1.165, 1.54) is 12.8 Å². The lowest BCUT2D eigenvalue weighted by Crippen LogP contribution is -2.43. The van der Waals surface area contributed by atoms with Gasteiger partial charge in [0.25, 0.3) is 0 Å². The van der Waals surface area contributed by atoms with Gasteiger partial charge in [0, 0.05) is 19.1 Å². The summed E-state index contributed by atoms with van der Waals surface area (Å²) in [6, 6.07) is 0.267. The average Bonchev–Trinajstić information content (AvgIpc) is 3.02. The van der Waals surface area contributed by atoms with Crippen LogP contribution in [0.1, 0.15) is 54.4 Å². The Bertz CT molecular complexity index is 304. The smallest absolute Gasteiger partial charge is 0.407 e. The Hall–Kier alpha value is -0.770. The maximum Gasteiger partial charge on any atom is 0.407 e. The number of rotatable bonds is 6. The lowest BCUT2D eigenvalue weighted by Gasteiger charge is -2.24. The van der Waals surface area contributed by atoms with Crippen molar-refractivity contribution in [1.29, 1.82) is 0 Å². The van der Waals surface area contributed by atoms with Crippen molar-refractivity contribution in [3.05, 3.63) is 0 Å². The molecule has 1 fully saturated rings. The van der Waals surface area contributed by atoms with Crippen LogP contribution in [0.25, 0.3) is 0 Å². The number of nitrogens with one attached hydrogen (secondary N) is 2. The summed E-state index contributed by atoms with van der Waals surface area (Å²) in [5, 5.41) is 6.32. The molecule has 0 spiro atoms. The summed E-state index contributed by atoms with van der Waals surface area (Å²) in [7, 11) is 0. The van der Waals surface area contributed by atoms with E-state index in [9.17, 15) is 4.79 Å². The number of hydrogen-bond donors (Lipinski definition) is 2. The van der Waals surface area contributed by atoms with Gasteiger partial charge < -0.3 is 15.4 Å². The largest absolute Gasteiger partial charge is 0.444 e. The van der Waals surface area contributed by atoms with Crippen LogP contribution in [0.15, 0.2) is 0 Å². The van der Waals surface area contributed by atoms with Crippen molar-refractivity contribution < 1.29 is 9.53 Å². The molecule has 19 heavy (non-hydrogen) atoms. The van der Waals surface area contributed by atoms with Crippen LogP contribution in [0.3, 0.4) is 0 Å². The van der Waals surface area contributed by atoms with Crippen molar-refractivity contribution >= 4 is 6.09 Å². The highest BCUT2D eigenvalue weighted by Crippen LogP contribution is 2.51. The fourth-order valence-electron chi connectivity index (χ4n) is 2.12. The molecule has 0 aromatic carbocycles. The number of alkyl carbamates (subject to hydrolysis) is 1. The van der Waals surface area contributed by atoms with Gasteiger partial charge in [-0.3, -0.25) is 0 Å². The number of amides is 1. The second kappa shape index (κ2) is 6.12. The first-order valence-electron chi connectivity index (χ1n) is 7.35. The van der Waals surface area contributed by atoms with Crippen LogP contribution in [0, 0.1) is 11.3 Å². The number of ether oxygens (including phenoxy) is 1. The van der Waals surface area contributed by atoms with Gasteiger partial charge in [-0.2, -0.15) is 0 Å². The zero-order chi connectivity index (χ0) is 14.7. The summed E-state index contributed by atoms with van der Waals surface area (Å²) in [4.78, 5) is 11.5. The highest BCUT2D eigenvalue weighted by atomic mass is 16.6. The zero-order valence-corrected chi connectivity index (χ0v) is 13.3. The normalized spacial score (nSPS) is 19.1. The van der Waals surface area contributed by atoms with E-state index in [1.54, 1.807) is 0 Å². The van der Waals surface area contributed by atoms with Crippen LogP contribution >= 0.6 is 0 Å². The molecule has 1 rings (SSSR count). The van der Waals surface area contributed by atoms with Gasteiger partial charge in [0.05, 0.1) is 0 Å². The molecule has 1 saturated carbocycles. The monoisotopic (exact) mass is 270 g/mol. The minimum absolute atomic E-state index is 0.267. The second-order valence-electron chi connectivity index (χ2n) is 7.18. The molecule has 4 heteroatoms. The molecule has 1 atom stereocenters. The molecule has 0 heterocycles.